The van der Waals surface area contributed by atoms with E-state index in [-0.39, 0.29) is 30.5 Å². The second-order valence-corrected chi connectivity index (χ2v) is 7.18. The van der Waals surface area contributed by atoms with E-state index in [0.29, 0.717) is 13.1 Å². The lowest BCUT2D eigenvalue weighted by Gasteiger charge is -2.31. The molecule has 0 aromatic carbocycles. The third kappa shape index (κ3) is 4.86. The van der Waals surface area contributed by atoms with Crippen LogP contribution >= 0.6 is 11.3 Å². The molecule has 1 radical (unpaired) electrons. The second kappa shape index (κ2) is 9.72. The highest BCUT2D eigenvalue weighted by molar-refractivity contribution is 7.10. The zero-order valence-electron chi connectivity index (χ0n) is 15.9. The Kier molecular flexibility index (Phi) is 7.07. The molecule has 0 saturated carbocycles. The predicted molar refractivity (Wildman–Crippen MR) is 113 cm³/mol. The summed E-state index contributed by atoms with van der Waals surface area (Å²) >= 11 is 1.49. The molecular weight excluding hydrogens is 394 g/mol. The Morgan fingerprint density at radius 1 is 1.69 bits per heavy atom. The summed E-state index contributed by atoms with van der Waals surface area (Å²) in [4.78, 5) is 28.6. The molecule has 13 heteroatoms. The van der Waals surface area contributed by atoms with Gasteiger partial charge in [0, 0.05) is 30.2 Å². The number of urea groups is 1. The minimum absolute atomic E-state index is 0.212. The molecule has 2 amide bonds. The van der Waals surface area contributed by atoms with Gasteiger partial charge in [-0.05, 0) is 12.9 Å². The molecular formula is C16H21B2N6O4S. The molecule has 2 aliphatic rings. The SMILES string of the molecule is C=CCON1C(=O)N2C[C@H]1C=C(c1nccs1)[C@H]2CNC([B]OC=N)=NB(C)O. The Morgan fingerprint density at radius 3 is 3.17 bits per heavy atom. The van der Waals surface area contributed by atoms with Gasteiger partial charge in [-0.2, -0.15) is 5.06 Å². The van der Waals surface area contributed by atoms with Crippen molar-refractivity contribution in [3.63, 3.8) is 0 Å². The van der Waals surface area contributed by atoms with Gasteiger partial charge in [-0.3, -0.25) is 10.2 Å². The van der Waals surface area contributed by atoms with E-state index < -0.39 is 7.05 Å². The van der Waals surface area contributed by atoms with E-state index in [1.807, 2.05) is 11.5 Å². The second-order valence-electron chi connectivity index (χ2n) is 6.29. The van der Waals surface area contributed by atoms with Crippen LogP contribution in [0.25, 0.3) is 5.57 Å². The molecule has 1 aromatic heterocycles. The standard InChI is InChI=1S/C16H21B2N6O4S/c1-3-5-28-24-11-7-12(14-20-4-6-29-14)13(23(9-11)16(24)25)8-21-15(17-27-10-19)22-18(2)26/h3-4,6-7,10-11,13,19,26H,1,5,8-9H2,2H3,(H,21,22)/t11-,13-/m1/s1. The number of nitrogens with one attached hydrogen (secondary N) is 2. The van der Waals surface area contributed by atoms with E-state index in [0.717, 1.165) is 17.0 Å². The molecule has 0 spiro atoms. The van der Waals surface area contributed by atoms with Crippen LogP contribution in [-0.4, -0.2) is 84.5 Å². The quantitative estimate of drug-likeness (QED) is 0.221. The van der Waals surface area contributed by atoms with Crippen molar-refractivity contribution in [2.75, 3.05) is 19.7 Å². The fourth-order valence-corrected chi connectivity index (χ4v) is 3.90. The number of hydroxylamine groups is 2. The predicted octanol–water partition coefficient (Wildman–Crippen LogP) is 0.431. The third-order valence-electron chi connectivity index (χ3n) is 4.29. The molecule has 3 heterocycles. The summed E-state index contributed by atoms with van der Waals surface area (Å²) in [6, 6.07) is -0.772. The van der Waals surface area contributed by atoms with Gasteiger partial charge in [-0.25, -0.2) is 9.78 Å². The minimum atomic E-state index is -0.955. The van der Waals surface area contributed by atoms with Gasteiger partial charge in [-0.1, -0.05) is 6.08 Å². The van der Waals surface area contributed by atoms with Crippen LogP contribution < -0.4 is 5.32 Å². The van der Waals surface area contributed by atoms with E-state index in [2.05, 4.69) is 21.8 Å². The number of nitrogens with zero attached hydrogens (tertiary/aromatic N) is 4. The highest BCUT2D eigenvalue weighted by Gasteiger charge is 2.46. The molecule has 3 N–H and O–H groups in total. The zero-order chi connectivity index (χ0) is 20.8. The smallest absolute Gasteiger partial charge is 0.447 e. The zero-order valence-corrected chi connectivity index (χ0v) is 16.7. The molecule has 2 atom stereocenters. The number of carbonyl (C=O) groups is 1. The van der Waals surface area contributed by atoms with Crippen molar-refractivity contribution in [2.24, 2.45) is 4.90 Å². The Hall–Kier alpha value is -2.63. The van der Waals surface area contributed by atoms with Gasteiger partial charge in [-0.15, -0.1) is 17.9 Å². The molecule has 1 saturated heterocycles. The molecule has 2 aliphatic heterocycles. The summed E-state index contributed by atoms with van der Waals surface area (Å²) in [6.07, 6.45) is 6.06. The van der Waals surface area contributed by atoms with Gasteiger partial charge in [0.2, 0.25) is 0 Å². The maximum absolute atomic E-state index is 12.9. The first-order valence-electron chi connectivity index (χ1n) is 8.97. The summed E-state index contributed by atoms with van der Waals surface area (Å²) in [5, 5.41) is 23.7. The van der Waals surface area contributed by atoms with Crippen LogP contribution in [-0.2, 0) is 9.49 Å². The number of hydrogen-bond acceptors (Lipinski definition) is 8. The number of fused-ring (bicyclic) bond motifs is 2. The highest BCUT2D eigenvalue weighted by Crippen LogP contribution is 2.35. The van der Waals surface area contributed by atoms with Crippen molar-refractivity contribution in [3.8, 4) is 0 Å². The molecule has 29 heavy (non-hydrogen) atoms. The average molecular weight is 415 g/mol. The first kappa shape index (κ1) is 21.1. The van der Waals surface area contributed by atoms with Crippen LogP contribution in [0, 0.1) is 5.41 Å². The normalized spacial score (nSPS) is 21.0. The molecule has 151 valence electrons. The van der Waals surface area contributed by atoms with E-state index in [1.54, 1.807) is 17.2 Å². The van der Waals surface area contributed by atoms with Crippen LogP contribution in [0.15, 0.2) is 35.2 Å². The lowest BCUT2D eigenvalue weighted by molar-refractivity contribution is -0.107. The Morgan fingerprint density at radius 2 is 2.52 bits per heavy atom. The Labute approximate surface area is 173 Å². The van der Waals surface area contributed by atoms with Crippen LogP contribution in [0.4, 0.5) is 4.79 Å². The lowest BCUT2D eigenvalue weighted by Crippen LogP contribution is -2.48. The van der Waals surface area contributed by atoms with Crippen LogP contribution in [0.2, 0.25) is 6.82 Å². The van der Waals surface area contributed by atoms with Gasteiger partial charge in [0.25, 0.3) is 0 Å². The van der Waals surface area contributed by atoms with E-state index in [9.17, 15) is 9.82 Å². The number of aromatic nitrogens is 1. The summed E-state index contributed by atoms with van der Waals surface area (Å²) in [6.45, 7) is 6.16. The molecule has 3 rings (SSSR count). The average Bonchev–Trinajstić information content (AvgIpc) is 3.31. The molecule has 0 aliphatic carbocycles. The highest BCUT2D eigenvalue weighted by atomic mass is 32.1. The van der Waals surface area contributed by atoms with Gasteiger partial charge in [0.1, 0.15) is 11.4 Å². The Bertz CT molecular complexity index is 803. The first-order chi connectivity index (χ1) is 14.0. The molecule has 2 bridgehead atoms. The van der Waals surface area contributed by atoms with E-state index >= 15 is 0 Å². The van der Waals surface area contributed by atoms with E-state index in [4.69, 9.17) is 14.9 Å². The first-order valence-corrected chi connectivity index (χ1v) is 9.85. The molecule has 1 aromatic rings. The van der Waals surface area contributed by atoms with Gasteiger partial charge < -0.3 is 24.8 Å². The minimum Gasteiger partial charge on any atom is -0.548 e. The maximum Gasteiger partial charge on any atom is 0.447 e. The fraction of sp³-hybridized carbons (Fsp3) is 0.375. The number of hydrogen-bond donors (Lipinski definition) is 3. The van der Waals surface area contributed by atoms with Crippen molar-refractivity contribution in [1.82, 2.24) is 20.3 Å². The van der Waals surface area contributed by atoms with Gasteiger partial charge in [0.15, 0.2) is 0 Å². The third-order valence-corrected chi connectivity index (χ3v) is 5.11. The van der Waals surface area contributed by atoms with Gasteiger partial charge in [0.05, 0.1) is 24.4 Å². The van der Waals surface area contributed by atoms with Crippen LogP contribution in [0.1, 0.15) is 5.01 Å². The number of thiazole rings is 1. The summed E-state index contributed by atoms with van der Waals surface area (Å²) in [5.41, 5.74) is 1.17. The summed E-state index contributed by atoms with van der Waals surface area (Å²) in [7, 11) is 0.271. The largest absolute Gasteiger partial charge is 0.548 e. The van der Waals surface area contributed by atoms with Crippen LogP contribution in [0.5, 0.6) is 0 Å². The molecule has 1 fully saturated rings. The van der Waals surface area contributed by atoms with Crippen molar-refractivity contribution in [2.45, 2.75) is 18.9 Å². The monoisotopic (exact) mass is 415 g/mol. The number of amides is 2. The van der Waals surface area contributed by atoms with Gasteiger partial charge >= 0.3 is 20.6 Å². The Balaban J connectivity index is 1.82. The summed E-state index contributed by atoms with van der Waals surface area (Å²) < 4.78 is 4.85. The number of carbonyl (C=O) groups excluding carboxylic acids is 1. The molecule has 10 nitrogen and oxygen atoms in total. The topological polar surface area (TPSA) is 123 Å². The van der Waals surface area contributed by atoms with Crippen molar-refractivity contribution < 1.29 is 19.3 Å². The fourth-order valence-electron chi connectivity index (χ4n) is 3.19. The lowest BCUT2D eigenvalue weighted by atomic mass is 9.87. The van der Waals surface area contributed by atoms with E-state index in [1.165, 1.54) is 30.7 Å². The van der Waals surface area contributed by atoms with Crippen molar-refractivity contribution in [1.29, 1.82) is 5.41 Å². The number of amidine groups is 1. The van der Waals surface area contributed by atoms with Crippen molar-refractivity contribution >= 4 is 49.6 Å². The summed E-state index contributed by atoms with van der Waals surface area (Å²) in [5.74, 6) is 0. The number of rotatable bonds is 10. The maximum atomic E-state index is 12.9. The molecule has 0 unspecified atom stereocenters. The van der Waals surface area contributed by atoms with Crippen molar-refractivity contribution in [3.05, 3.63) is 35.3 Å². The van der Waals surface area contributed by atoms with Crippen LogP contribution in [0.3, 0.4) is 0 Å².